The molecule has 1 saturated heterocycles. The molecule has 2 saturated carbocycles. The zero-order valence-electron chi connectivity index (χ0n) is 18.2. The highest BCUT2D eigenvalue weighted by Gasteiger charge is 2.66. The van der Waals surface area contributed by atoms with Gasteiger partial charge in [0, 0.05) is 5.69 Å². The smallest absolute Gasteiger partial charge is 0.338 e. The zero-order valence-corrected chi connectivity index (χ0v) is 19.8. The lowest BCUT2D eigenvalue weighted by atomic mass is 9.80. The first kappa shape index (κ1) is 22.9. The third-order valence-electron chi connectivity index (χ3n) is 6.96. The summed E-state index contributed by atoms with van der Waals surface area (Å²) in [5.41, 5.74) is 2.01. The van der Waals surface area contributed by atoms with E-state index in [-0.39, 0.29) is 40.0 Å². The van der Waals surface area contributed by atoms with E-state index in [2.05, 4.69) is 5.32 Å². The second kappa shape index (κ2) is 8.71. The van der Waals surface area contributed by atoms with Crippen molar-refractivity contribution in [3.8, 4) is 0 Å². The number of hydrogen-bond donors (Lipinski definition) is 1. The van der Waals surface area contributed by atoms with Gasteiger partial charge >= 0.3 is 5.97 Å². The summed E-state index contributed by atoms with van der Waals surface area (Å²) in [5.74, 6) is -3.02. The molecule has 0 unspecified atom stereocenters. The number of anilines is 2. The van der Waals surface area contributed by atoms with E-state index < -0.39 is 30.3 Å². The Morgan fingerprint density at radius 3 is 2.29 bits per heavy atom. The number of imide groups is 1. The maximum atomic E-state index is 13.2. The van der Waals surface area contributed by atoms with Crippen molar-refractivity contribution in [3.63, 3.8) is 0 Å². The van der Waals surface area contributed by atoms with Crippen molar-refractivity contribution < 1.29 is 23.9 Å². The van der Waals surface area contributed by atoms with Gasteiger partial charge in [0.15, 0.2) is 6.61 Å². The van der Waals surface area contributed by atoms with Crippen LogP contribution in [-0.2, 0) is 19.1 Å². The first-order valence-electron chi connectivity index (χ1n) is 11.1. The quantitative estimate of drug-likeness (QED) is 0.383. The number of halogens is 2. The molecule has 0 radical (unpaired) electrons. The van der Waals surface area contributed by atoms with Crippen LogP contribution in [0, 0.1) is 30.6 Å². The highest BCUT2D eigenvalue weighted by Crippen LogP contribution is 2.59. The van der Waals surface area contributed by atoms with E-state index >= 15 is 0 Å². The van der Waals surface area contributed by atoms with Crippen molar-refractivity contribution in [2.75, 3.05) is 16.8 Å². The molecule has 3 amide bonds. The number of carbonyl (C=O) groups excluding carboxylic acids is 4. The molecule has 0 spiro atoms. The van der Waals surface area contributed by atoms with Crippen LogP contribution in [0.25, 0.3) is 0 Å². The Bertz CT molecular complexity index is 1170. The molecule has 3 aliphatic rings. The van der Waals surface area contributed by atoms with Gasteiger partial charge < -0.3 is 10.1 Å². The average Bonchev–Trinajstić information content (AvgIpc) is 3.42. The van der Waals surface area contributed by atoms with Crippen LogP contribution >= 0.6 is 23.2 Å². The third kappa shape index (κ3) is 3.77. The summed E-state index contributed by atoms with van der Waals surface area (Å²) in [5, 5.41) is 1.99. The molecule has 176 valence electrons. The average molecular weight is 501 g/mol. The van der Waals surface area contributed by atoms with Crippen LogP contribution in [0.2, 0.25) is 0 Å². The number of ether oxygens (including phenoxy) is 1. The number of nitrogens with zero attached hydrogens (tertiary/aromatic N) is 1. The highest BCUT2D eigenvalue weighted by atomic mass is 35.5. The molecule has 1 N–H and O–H groups in total. The van der Waals surface area contributed by atoms with Gasteiger partial charge in [-0.15, -0.1) is 23.2 Å². The number of aryl methyl sites for hydroxylation is 1. The van der Waals surface area contributed by atoms with Crippen LogP contribution in [-0.4, -0.2) is 41.1 Å². The summed E-state index contributed by atoms with van der Waals surface area (Å²) in [4.78, 5) is 52.2. The molecule has 2 aromatic carbocycles. The molecule has 3 fully saturated rings. The van der Waals surface area contributed by atoms with Gasteiger partial charge in [0.1, 0.15) is 0 Å². The Morgan fingerprint density at radius 2 is 1.65 bits per heavy atom. The largest absolute Gasteiger partial charge is 0.452 e. The first-order valence-corrected chi connectivity index (χ1v) is 11.9. The van der Waals surface area contributed by atoms with Gasteiger partial charge in [0.2, 0.25) is 11.8 Å². The molecule has 2 bridgehead atoms. The molecule has 1 heterocycles. The number of amides is 3. The van der Waals surface area contributed by atoms with Gasteiger partial charge in [-0.2, -0.15) is 0 Å². The summed E-state index contributed by atoms with van der Waals surface area (Å²) >= 11 is 12.8. The van der Waals surface area contributed by atoms with Crippen molar-refractivity contribution in [1.82, 2.24) is 0 Å². The van der Waals surface area contributed by atoms with Crippen LogP contribution in [0.5, 0.6) is 0 Å². The summed E-state index contributed by atoms with van der Waals surface area (Å²) in [7, 11) is 0. The van der Waals surface area contributed by atoms with Gasteiger partial charge in [-0.3, -0.25) is 19.3 Å². The lowest BCUT2D eigenvalue weighted by molar-refractivity contribution is -0.123. The van der Waals surface area contributed by atoms with Crippen molar-refractivity contribution in [1.29, 1.82) is 0 Å². The Hall–Kier alpha value is -2.90. The van der Waals surface area contributed by atoms with Gasteiger partial charge in [-0.1, -0.05) is 18.2 Å². The summed E-state index contributed by atoms with van der Waals surface area (Å²) in [6.07, 6.45) is 0.681. The Morgan fingerprint density at radius 1 is 1.00 bits per heavy atom. The predicted molar refractivity (Wildman–Crippen MR) is 127 cm³/mol. The number of fused-ring (bicyclic) bond motifs is 5. The maximum Gasteiger partial charge on any atom is 0.338 e. The number of carbonyl (C=O) groups is 4. The number of benzene rings is 2. The second-order valence-corrected chi connectivity index (χ2v) is 10.1. The van der Waals surface area contributed by atoms with Crippen LogP contribution < -0.4 is 10.2 Å². The molecule has 2 aromatic rings. The minimum atomic E-state index is -0.734. The molecule has 7 nitrogen and oxygen atoms in total. The van der Waals surface area contributed by atoms with Crippen LogP contribution in [0.3, 0.4) is 0 Å². The minimum absolute atomic E-state index is 0.124. The van der Waals surface area contributed by atoms with Crippen molar-refractivity contribution in [3.05, 3.63) is 59.7 Å². The fourth-order valence-electron chi connectivity index (χ4n) is 5.51. The lowest BCUT2D eigenvalue weighted by Gasteiger charge is -2.28. The first-order chi connectivity index (χ1) is 16.3. The highest BCUT2D eigenvalue weighted by molar-refractivity contribution is 6.32. The van der Waals surface area contributed by atoms with E-state index in [4.69, 9.17) is 27.9 Å². The molecule has 6 atom stereocenters. The van der Waals surface area contributed by atoms with E-state index in [1.807, 2.05) is 19.1 Å². The Labute approximate surface area is 206 Å². The number of nitrogens with one attached hydrogen (secondary N) is 1. The zero-order chi connectivity index (χ0) is 24.1. The molecule has 1 aliphatic heterocycles. The van der Waals surface area contributed by atoms with Gasteiger partial charge in [0.05, 0.1) is 33.8 Å². The number of esters is 1. The number of alkyl halides is 2. The molecule has 0 aromatic heterocycles. The SMILES string of the molecule is Cc1cccc(NC(=O)COC(=O)c2cccc(N3C(=O)[C@@H]4[C@H]5C[C@@H]([C@H](Cl)[C@H]5Cl)[C@H]4C3=O)c2)c1. The summed E-state index contributed by atoms with van der Waals surface area (Å²) in [6.45, 7) is 1.43. The normalized spacial score (nSPS) is 29.3. The van der Waals surface area contributed by atoms with Crippen LogP contribution in [0.4, 0.5) is 11.4 Å². The van der Waals surface area contributed by atoms with E-state index in [1.54, 1.807) is 24.3 Å². The summed E-state index contributed by atoms with van der Waals surface area (Å²) in [6, 6.07) is 13.3. The fourth-order valence-corrected chi connectivity index (χ4v) is 6.40. The van der Waals surface area contributed by atoms with Crippen molar-refractivity contribution in [2.45, 2.75) is 24.1 Å². The van der Waals surface area contributed by atoms with Gasteiger partial charge in [0.25, 0.3) is 5.91 Å². The van der Waals surface area contributed by atoms with Gasteiger partial charge in [-0.25, -0.2) is 4.79 Å². The molecule has 34 heavy (non-hydrogen) atoms. The molecule has 9 heteroatoms. The van der Waals surface area contributed by atoms with Crippen LogP contribution in [0.1, 0.15) is 22.3 Å². The predicted octanol–water partition coefficient (Wildman–Crippen LogP) is 3.76. The van der Waals surface area contributed by atoms with Crippen molar-refractivity contribution in [2.24, 2.45) is 23.7 Å². The number of rotatable bonds is 5. The second-order valence-electron chi connectivity index (χ2n) is 9.06. The summed E-state index contributed by atoms with van der Waals surface area (Å²) < 4.78 is 5.14. The van der Waals surface area contributed by atoms with Crippen LogP contribution in [0.15, 0.2) is 48.5 Å². The topological polar surface area (TPSA) is 92.8 Å². The maximum absolute atomic E-state index is 13.2. The van der Waals surface area contributed by atoms with E-state index in [1.165, 1.54) is 12.1 Å². The van der Waals surface area contributed by atoms with E-state index in [0.29, 0.717) is 17.8 Å². The van der Waals surface area contributed by atoms with Crippen molar-refractivity contribution >= 4 is 58.3 Å². The van der Waals surface area contributed by atoms with Gasteiger partial charge in [-0.05, 0) is 61.1 Å². The standard InChI is InChI=1S/C25H22Cl2N2O5/c1-12-4-2-6-14(8-12)28-18(30)11-34-25(33)13-5-3-7-15(9-13)29-23(31)19-16-10-17(20(19)24(29)32)22(27)21(16)26/h2-9,16-17,19-22H,10-11H2,1H3,(H,28,30)/t16-,17-,19-,20-,21+,22+/m1/s1. The molecule has 2 aliphatic carbocycles. The molecule has 5 rings (SSSR count). The fraction of sp³-hybridized carbons (Fsp3) is 0.360. The molecular formula is C25H22Cl2N2O5. The monoisotopic (exact) mass is 500 g/mol. The Kier molecular flexibility index (Phi) is 5.86. The van der Waals surface area contributed by atoms with E-state index in [0.717, 1.165) is 10.5 Å². The third-order valence-corrected chi connectivity index (χ3v) is 8.28. The number of hydrogen-bond acceptors (Lipinski definition) is 5. The minimum Gasteiger partial charge on any atom is -0.452 e. The molecular weight excluding hydrogens is 479 g/mol. The lowest BCUT2D eigenvalue weighted by Crippen LogP contribution is -2.37. The van der Waals surface area contributed by atoms with E-state index in [9.17, 15) is 19.2 Å². The Balaban J connectivity index is 1.27.